The average Bonchev–Trinajstić information content (AvgIpc) is 1.85. The highest BCUT2D eigenvalue weighted by molar-refractivity contribution is 5.23. The van der Waals surface area contributed by atoms with Gasteiger partial charge in [0.1, 0.15) is 0 Å². The molecule has 0 heterocycles. The van der Waals surface area contributed by atoms with Crippen LogP contribution >= 0.6 is 0 Å². The Morgan fingerprint density at radius 3 is 1.92 bits per heavy atom. The summed E-state index contributed by atoms with van der Waals surface area (Å²) >= 11 is 0. The molecule has 0 bridgehead atoms. The minimum Gasteiger partial charge on any atom is -0.381 e. The largest absolute Gasteiger partial charge is 0.381 e. The monoisotopic (exact) mass is 167 g/mol. The molecule has 0 unspecified atom stereocenters. The van der Waals surface area contributed by atoms with Gasteiger partial charge < -0.3 is 4.90 Å². The van der Waals surface area contributed by atoms with Gasteiger partial charge in [-0.1, -0.05) is 27.4 Å². The van der Waals surface area contributed by atoms with E-state index in [1.807, 2.05) is 14.1 Å². The first kappa shape index (κ1) is 11.3. The standard InChI is InChI=1S/C11H21N/c1-9(11(3,4)5)8-10(2)12(6)7/h8H,1H2,2-7H3/b10-8-. The second kappa shape index (κ2) is 3.79. The smallest absolute Gasteiger partial charge is 0.00986 e. The number of nitrogens with zero attached hydrogens (tertiary/aromatic N) is 1. The first-order chi connectivity index (χ1) is 5.25. The lowest BCUT2D eigenvalue weighted by atomic mass is 9.87. The van der Waals surface area contributed by atoms with Crippen molar-refractivity contribution < 1.29 is 0 Å². The van der Waals surface area contributed by atoms with Crippen molar-refractivity contribution in [2.75, 3.05) is 14.1 Å². The minimum atomic E-state index is 0.178. The van der Waals surface area contributed by atoms with E-state index in [1.54, 1.807) is 0 Å². The first-order valence-corrected chi connectivity index (χ1v) is 4.30. The van der Waals surface area contributed by atoms with Crippen molar-refractivity contribution in [1.29, 1.82) is 0 Å². The third-order valence-electron chi connectivity index (χ3n) is 2.05. The zero-order valence-corrected chi connectivity index (χ0v) is 9.23. The van der Waals surface area contributed by atoms with Crippen molar-refractivity contribution >= 4 is 0 Å². The fraction of sp³-hybridized carbons (Fsp3) is 0.636. The van der Waals surface area contributed by atoms with Gasteiger partial charge in [0, 0.05) is 19.8 Å². The Labute approximate surface area is 76.8 Å². The quantitative estimate of drug-likeness (QED) is 0.571. The Hall–Kier alpha value is -0.720. The third-order valence-corrected chi connectivity index (χ3v) is 2.05. The summed E-state index contributed by atoms with van der Waals surface area (Å²) in [6.07, 6.45) is 2.14. The zero-order valence-electron chi connectivity index (χ0n) is 9.23. The molecule has 0 rings (SSSR count). The van der Waals surface area contributed by atoms with Crippen LogP contribution in [0.2, 0.25) is 0 Å². The minimum absolute atomic E-state index is 0.178. The highest BCUT2D eigenvalue weighted by Crippen LogP contribution is 2.25. The molecule has 0 saturated heterocycles. The molecule has 0 aliphatic heterocycles. The lowest BCUT2D eigenvalue weighted by Crippen LogP contribution is -2.12. The molecule has 0 saturated carbocycles. The second-order valence-electron chi connectivity index (χ2n) is 4.46. The van der Waals surface area contributed by atoms with Crippen LogP contribution in [0.15, 0.2) is 23.9 Å². The van der Waals surface area contributed by atoms with Crippen LogP contribution in [0.5, 0.6) is 0 Å². The van der Waals surface area contributed by atoms with Crippen molar-refractivity contribution in [3.63, 3.8) is 0 Å². The molecule has 0 aliphatic rings. The number of hydrogen-bond acceptors (Lipinski definition) is 1. The van der Waals surface area contributed by atoms with Gasteiger partial charge >= 0.3 is 0 Å². The van der Waals surface area contributed by atoms with Crippen LogP contribution in [0.25, 0.3) is 0 Å². The predicted molar refractivity (Wildman–Crippen MR) is 56.0 cm³/mol. The summed E-state index contributed by atoms with van der Waals surface area (Å²) in [7, 11) is 4.09. The topological polar surface area (TPSA) is 3.24 Å². The summed E-state index contributed by atoms with van der Waals surface area (Å²) in [4.78, 5) is 2.09. The average molecular weight is 167 g/mol. The molecular weight excluding hydrogens is 146 g/mol. The Morgan fingerprint density at radius 1 is 1.25 bits per heavy atom. The molecule has 0 aliphatic carbocycles. The maximum atomic E-state index is 4.05. The molecule has 70 valence electrons. The molecule has 0 fully saturated rings. The molecule has 0 radical (unpaired) electrons. The van der Waals surface area contributed by atoms with Crippen molar-refractivity contribution in [3.8, 4) is 0 Å². The van der Waals surface area contributed by atoms with E-state index in [0.717, 1.165) is 0 Å². The molecule has 0 aromatic heterocycles. The molecule has 0 aromatic carbocycles. The van der Waals surface area contributed by atoms with Gasteiger partial charge in [-0.3, -0.25) is 0 Å². The van der Waals surface area contributed by atoms with Gasteiger partial charge in [-0.2, -0.15) is 0 Å². The van der Waals surface area contributed by atoms with Crippen LogP contribution in [0.4, 0.5) is 0 Å². The molecule has 0 atom stereocenters. The summed E-state index contributed by atoms with van der Waals surface area (Å²) < 4.78 is 0. The van der Waals surface area contributed by atoms with E-state index in [-0.39, 0.29) is 5.41 Å². The zero-order chi connectivity index (χ0) is 9.94. The van der Waals surface area contributed by atoms with E-state index in [1.165, 1.54) is 11.3 Å². The van der Waals surface area contributed by atoms with Crippen molar-refractivity contribution in [2.45, 2.75) is 27.7 Å². The molecule has 0 aromatic rings. The summed E-state index contributed by atoms with van der Waals surface area (Å²) in [5.41, 5.74) is 2.60. The van der Waals surface area contributed by atoms with Crippen molar-refractivity contribution in [2.24, 2.45) is 5.41 Å². The van der Waals surface area contributed by atoms with Crippen LogP contribution in [0.3, 0.4) is 0 Å². The second-order valence-corrected chi connectivity index (χ2v) is 4.46. The van der Waals surface area contributed by atoms with E-state index in [4.69, 9.17) is 0 Å². The molecule has 12 heavy (non-hydrogen) atoms. The Bertz CT molecular complexity index is 192. The molecule has 0 spiro atoms. The van der Waals surface area contributed by atoms with Gasteiger partial charge in [0.2, 0.25) is 0 Å². The third kappa shape index (κ3) is 3.61. The van der Waals surface area contributed by atoms with E-state index < -0.39 is 0 Å². The number of rotatable bonds is 2. The Morgan fingerprint density at radius 2 is 1.67 bits per heavy atom. The SMILES string of the molecule is C=C(/C=C(/C)N(C)C)C(C)(C)C. The van der Waals surface area contributed by atoms with E-state index in [0.29, 0.717) is 0 Å². The molecular formula is C11H21N. The van der Waals surface area contributed by atoms with Crippen LogP contribution < -0.4 is 0 Å². The Kier molecular flexibility index (Phi) is 3.56. The highest BCUT2D eigenvalue weighted by atomic mass is 15.1. The molecule has 0 amide bonds. The number of allylic oxidation sites excluding steroid dienone is 3. The van der Waals surface area contributed by atoms with Crippen LogP contribution in [0.1, 0.15) is 27.7 Å². The van der Waals surface area contributed by atoms with Crippen LogP contribution in [-0.2, 0) is 0 Å². The summed E-state index contributed by atoms with van der Waals surface area (Å²) in [5, 5.41) is 0. The van der Waals surface area contributed by atoms with Crippen LogP contribution in [0, 0.1) is 5.41 Å². The van der Waals surface area contributed by atoms with E-state index >= 15 is 0 Å². The Balaban J connectivity index is 4.46. The summed E-state index contributed by atoms with van der Waals surface area (Å²) in [6.45, 7) is 12.7. The summed E-state index contributed by atoms with van der Waals surface area (Å²) in [5.74, 6) is 0. The molecule has 0 N–H and O–H groups in total. The van der Waals surface area contributed by atoms with Gasteiger partial charge in [-0.15, -0.1) is 0 Å². The lowest BCUT2D eigenvalue weighted by molar-refractivity contribution is 0.494. The fourth-order valence-electron chi connectivity index (χ4n) is 0.598. The van der Waals surface area contributed by atoms with E-state index in [9.17, 15) is 0 Å². The highest BCUT2D eigenvalue weighted by Gasteiger charge is 2.12. The molecule has 1 nitrogen and oxygen atoms in total. The molecule has 1 heteroatoms. The predicted octanol–water partition coefficient (Wildman–Crippen LogP) is 3.05. The van der Waals surface area contributed by atoms with Gasteiger partial charge in [0.25, 0.3) is 0 Å². The lowest BCUT2D eigenvalue weighted by Gasteiger charge is -2.21. The van der Waals surface area contributed by atoms with Gasteiger partial charge in [0.05, 0.1) is 0 Å². The van der Waals surface area contributed by atoms with Crippen LogP contribution in [-0.4, -0.2) is 19.0 Å². The van der Waals surface area contributed by atoms with Gasteiger partial charge in [-0.05, 0) is 24.0 Å². The maximum Gasteiger partial charge on any atom is 0.00986 e. The van der Waals surface area contributed by atoms with Crippen molar-refractivity contribution in [1.82, 2.24) is 4.90 Å². The normalized spacial score (nSPS) is 13.0. The number of hydrogen-bond donors (Lipinski definition) is 0. The van der Waals surface area contributed by atoms with E-state index in [2.05, 4.69) is 45.2 Å². The fourth-order valence-corrected chi connectivity index (χ4v) is 0.598. The summed E-state index contributed by atoms with van der Waals surface area (Å²) in [6, 6.07) is 0. The first-order valence-electron chi connectivity index (χ1n) is 4.30. The van der Waals surface area contributed by atoms with Crippen molar-refractivity contribution in [3.05, 3.63) is 23.9 Å². The van der Waals surface area contributed by atoms with Gasteiger partial charge in [0.15, 0.2) is 0 Å². The van der Waals surface area contributed by atoms with Gasteiger partial charge in [-0.25, -0.2) is 0 Å². The maximum absolute atomic E-state index is 4.05.